The number of nitrogens with zero attached hydrogens (tertiary/aromatic N) is 2. The van der Waals surface area contributed by atoms with Gasteiger partial charge in [0.15, 0.2) is 6.61 Å². The van der Waals surface area contributed by atoms with E-state index in [4.69, 9.17) is 13.6 Å². The number of carbonyl (C=O) groups is 1. The molecule has 0 saturated carbocycles. The fraction of sp³-hybridized carbons (Fsp3) is 0.200. The van der Waals surface area contributed by atoms with Crippen LogP contribution in [0.15, 0.2) is 67.0 Å². The zero-order valence-electron chi connectivity index (χ0n) is 18.1. The maximum atomic E-state index is 13.1. The van der Waals surface area contributed by atoms with Gasteiger partial charge in [-0.15, -0.1) is 0 Å². The molecule has 8 nitrogen and oxygen atoms in total. The topological polar surface area (TPSA) is 105 Å². The summed E-state index contributed by atoms with van der Waals surface area (Å²) in [7, 11) is 0. The number of benzene rings is 2. The molecule has 3 heterocycles. The number of para-hydroxylation sites is 1. The van der Waals surface area contributed by atoms with E-state index in [2.05, 4.69) is 5.10 Å². The summed E-state index contributed by atoms with van der Waals surface area (Å²) in [4.78, 5) is 37.5. The molecule has 5 aromatic rings. The SMILES string of the molecule is CCCc1nn(C(=O)COc2ccc3c(C)cc(=O)oc3c2)c2c1c(=O)oc1ccccc12. The monoisotopic (exact) mass is 444 g/mol. The minimum atomic E-state index is -0.521. The Hall–Kier alpha value is -4.20. The highest BCUT2D eigenvalue weighted by molar-refractivity contribution is 6.07. The number of rotatable bonds is 5. The number of hydrogen-bond acceptors (Lipinski definition) is 7. The predicted octanol–water partition coefficient (Wildman–Crippen LogP) is 4.23. The molecular weight excluding hydrogens is 424 g/mol. The van der Waals surface area contributed by atoms with Crippen molar-refractivity contribution >= 4 is 38.7 Å². The molecule has 3 aromatic heterocycles. The molecule has 166 valence electrons. The highest BCUT2D eigenvalue weighted by atomic mass is 16.5. The normalized spacial score (nSPS) is 11.5. The van der Waals surface area contributed by atoms with Crippen LogP contribution in [0, 0.1) is 6.92 Å². The largest absolute Gasteiger partial charge is 0.484 e. The highest BCUT2D eigenvalue weighted by Crippen LogP contribution is 2.26. The van der Waals surface area contributed by atoms with Crippen LogP contribution in [0.4, 0.5) is 0 Å². The Morgan fingerprint density at radius 2 is 1.85 bits per heavy atom. The number of ether oxygens (including phenoxy) is 1. The molecule has 0 unspecified atom stereocenters. The van der Waals surface area contributed by atoms with Crippen molar-refractivity contribution in [3.63, 3.8) is 0 Å². The number of aryl methyl sites for hydroxylation is 2. The second-order valence-electron chi connectivity index (χ2n) is 7.81. The van der Waals surface area contributed by atoms with Gasteiger partial charge in [-0.2, -0.15) is 9.78 Å². The Kier molecular flexibility index (Phi) is 5.05. The van der Waals surface area contributed by atoms with Crippen LogP contribution in [0.1, 0.15) is 29.4 Å². The molecule has 33 heavy (non-hydrogen) atoms. The zero-order chi connectivity index (χ0) is 23.1. The third kappa shape index (κ3) is 3.59. The summed E-state index contributed by atoms with van der Waals surface area (Å²) in [6, 6.07) is 13.5. The lowest BCUT2D eigenvalue weighted by atomic mass is 10.1. The molecule has 0 radical (unpaired) electrons. The van der Waals surface area contributed by atoms with Crippen molar-refractivity contribution < 1.29 is 18.4 Å². The Morgan fingerprint density at radius 3 is 2.67 bits per heavy atom. The smallest absolute Gasteiger partial charge is 0.347 e. The van der Waals surface area contributed by atoms with Gasteiger partial charge in [-0.1, -0.05) is 25.5 Å². The van der Waals surface area contributed by atoms with E-state index in [0.29, 0.717) is 45.3 Å². The van der Waals surface area contributed by atoms with Crippen LogP contribution in [-0.4, -0.2) is 22.3 Å². The van der Waals surface area contributed by atoms with Crippen molar-refractivity contribution in [2.45, 2.75) is 26.7 Å². The van der Waals surface area contributed by atoms with E-state index < -0.39 is 17.2 Å². The maximum absolute atomic E-state index is 13.1. The van der Waals surface area contributed by atoms with Gasteiger partial charge < -0.3 is 13.6 Å². The second-order valence-corrected chi connectivity index (χ2v) is 7.81. The van der Waals surface area contributed by atoms with E-state index in [0.717, 1.165) is 17.4 Å². The van der Waals surface area contributed by atoms with Crippen molar-refractivity contribution in [3.05, 3.63) is 80.6 Å². The van der Waals surface area contributed by atoms with Gasteiger partial charge in [-0.05, 0) is 43.2 Å². The highest BCUT2D eigenvalue weighted by Gasteiger charge is 2.22. The van der Waals surface area contributed by atoms with Gasteiger partial charge in [-0.3, -0.25) is 4.79 Å². The molecule has 0 fully saturated rings. The third-order valence-corrected chi connectivity index (χ3v) is 5.52. The summed E-state index contributed by atoms with van der Waals surface area (Å²) in [6.45, 7) is 3.47. The van der Waals surface area contributed by atoms with Gasteiger partial charge in [0, 0.05) is 22.9 Å². The van der Waals surface area contributed by atoms with E-state index in [-0.39, 0.29) is 6.61 Å². The van der Waals surface area contributed by atoms with Crippen LogP contribution < -0.4 is 16.0 Å². The van der Waals surface area contributed by atoms with Gasteiger partial charge in [0.2, 0.25) is 0 Å². The molecule has 0 bridgehead atoms. The summed E-state index contributed by atoms with van der Waals surface area (Å²) in [5.74, 6) is -0.0666. The van der Waals surface area contributed by atoms with Crippen LogP contribution in [-0.2, 0) is 6.42 Å². The van der Waals surface area contributed by atoms with Crippen molar-refractivity contribution in [2.24, 2.45) is 0 Å². The number of carbonyl (C=O) groups excluding carboxylic acids is 1. The number of aromatic nitrogens is 2. The molecule has 0 spiro atoms. The fourth-order valence-electron chi connectivity index (χ4n) is 4.02. The molecule has 0 aliphatic carbocycles. The van der Waals surface area contributed by atoms with Crippen molar-refractivity contribution in [2.75, 3.05) is 6.61 Å². The summed E-state index contributed by atoms with van der Waals surface area (Å²) in [5, 5.41) is 6.16. The molecule has 0 saturated heterocycles. The van der Waals surface area contributed by atoms with Crippen LogP contribution >= 0.6 is 0 Å². The first-order chi connectivity index (χ1) is 16.0. The van der Waals surface area contributed by atoms with Gasteiger partial charge >= 0.3 is 11.3 Å². The van der Waals surface area contributed by atoms with Crippen LogP contribution in [0.3, 0.4) is 0 Å². The summed E-state index contributed by atoms with van der Waals surface area (Å²) < 4.78 is 17.6. The standard InChI is InChI=1S/C25H20N2O6/c1-3-6-18-23-24(17-7-4-5-8-19(17)33-25(23)30)27(26-18)21(28)13-31-15-9-10-16-14(2)11-22(29)32-20(16)12-15/h4-5,7-12H,3,6,13H2,1-2H3. The summed E-state index contributed by atoms with van der Waals surface area (Å²) in [6.07, 6.45) is 1.29. The van der Waals surface area contributed by atoms with Crippen LogP contribution in [0.5, 0.6) is 5.75 Å². The van der Waals surface area contributed by atoms with Crippen LogP contribution in [0.25, 0.3) is 32.8 Å². The molecule has 0 N–H and O–H groups in total. The van der Waals surface area contributed by atoms with Gasteiger partial charge in [0.1, 0.15) is 22.3 Å². The molecule has 0 atom stereocenters. The lowest BCUT2D eigenvalue weighted by molar-refractivity contribution is 0.0826. The lowest BCUT2D eigenvalue weighted by Crippen LogP contribution is -2.21. The lowest BCUT2D eigenvalue weighted by Gasteiger charge is -2.08. The van der Waals surface area contributed by atoms with Crippen molar-refractivity contribution in [1.29, 1.82) is 0 Å². The molecule has 0 aliphatic heterocycles. The van der Waals surface area contributed by atoms with Gasteiger partial charge in [0.25, 0.3) is 5.91 Å². The Morgan fingerprint density at radius 1 is 1.03 bits per heavy atom. The Bertz CT molecular complexity index is 1660. The maximum Gasteiger partial charge on any atom is 0.347 e. The van der Waals surface area contributed by atoms with Crippen LogP contribution in [0.2, 0.25) is 0 Å². The number of fused-ring (bicyclic) bond motifs is 4. The second kappa shape index (κ2) is 8.05. The zero-order valence-corrected chi connectivity index (χ0v) is 18.1. The molecule has 8 heteroatoms. The third-order valence-electron chi connectivity index (χ3n) is 5.52. The molecule has 5 rings (SSSR count). The predicted molar refractivity (Wildman–Crippen MR) is 123 cm³/mol. The average molecular weight is 444 g/mol. The van der Waals surface area contributed by atoms with E-state index in [1.165, 1.54) is 10.7 Å². The average Bonchev–Trinajstić information content (AvgIpc) is 3.18. The van der Waals surface area contributed by atoms with E-state index in [1.54, 1.807) is 36.4 Å². The molecule has 2 aromatic carbocycles. The Balaban J connectivity index is 1.54. The van der Waals surface area contributed by atoms with E-state index in [1.807, 2.05) is 19.9 Å². The van der Waals surface area contributed by atoms with E-state index in [9.17, 15) is 14.4 Å². The fourth-order valence-corrected chi connectivity index (χ4v) is 4.02. The minimum absolute atomic E-state index is 0.312. The Labute approximate surface area is 187 Å². The molecular formula is C25H20N2O6. The van der Waals surface area contributed by atoms with Crippen molar-refractivity contribution in [3.8, 4) is 5.75 Å². The first kappa shape index (κ1) is 20.7. The minimum Gasteiger partial charge on any atom is -0.484 e. The number of hydrogen-bond donors (Lipinski definition) is 0. The quantitative estimate of drug-likeness (QED) is 0.374. The first-order valence-electron chi connectivity index (χ1n) is 10.6. The van der Waals surface area contributed by atoms with Gasteiger partial charge in [0.05, 0.1) is 11.2 Å². The van der Waals surface area contributed by atoms with E-state index >= 15 is 0 Å². The first-order valence-corrected chi connectivity index (χ1v) is 10.6. The summed E-state index contributed by atoms with van der Waals surface area (Å²) >= 11 is 0. The summed E-state index contributed by atoms with van der Waals surface area (Å²) in [5.41, 5.74) is 1.51. The van der Waals surface area contributed by atoms with Gasteiger partial charge in [-0.25, -0.2) is 9.59 Å². The van der Waals surface area contributed by atoms with Crippen molar-refractivity contribution in [1.82, 2.24) is 9.78 Å². The molecule has 0 aliphatic rings. The molecule has 0 amide bonds.